The summed E-state index contributed by atoms with van der Waals surface area (Å²) in [5.41, 5.74) is 0.802. The van der Waals surface area contributed by atoms with Gasteiger partial charge in [0.05, 0.1) is 9.80 Å². The van der Waals surface area contributed by atoms with Gasteiger partial charge in [0.15, 0.2) is 6.29 Å². The highest BCUT2D eigenvalue weighted by Crippen LogP contribution is 2.33. The van der Waals surface area contributed by atoms with Crippen LogP contribution < -0.4 is 4.74 Å². The average Bonchev–Trinajstić information content (AvgIpc) is 2.86. The molecule has 2 rings (SSSR count). The molecule has 1 heterocycles. The zero-order valence-corrected chi connectivity index (χ0v) is 11.0. The first kappa shape index (κ1) is 13.2. The second-order valence-corrected chi connectivity index (χ2v) is 4.76. The van der Waals surface area contributed by atoms with Gasteiger partial charge in [-0.15, -0.1) is 11.3 Å². The van der Waals surface area contributed by atoms with Gasteiger partial charge in [0, 0.05) is 17.5 Å². The van der Waals surface area contributed by atoms with Gasteiger partial charge in [-0.1, -0.05) is 13.0 Å². The van der Waals surface area contributed by atoms with Crippen molar-refractivity contribution in [3.05, 3.63) is 50.2 Å². The van der Waals surface area contributed by atoms with Gasteiger partial charge in [-0.05, 0) is 18.1 Å². The summed E-state index contributed by atoms with van der Waals surface area (Å²) in [6.07, 6.45) is 1.43. The fraction of sp³-hybridized carbons (Fsp3) is 0.154. The first-order valence-electron chi connectivity index (χ1n) is 5.63. The standard InChI is InChI=1S/C13H11NO4S/c1-2-9-3-4-13(12(5-9)14(16)17)18-10-6-11(7-15)19-8-10/h3-8H,2H2,1H3. The summed E-state index contributed by atoms with van der Waals surface area (Å²) < 4.78 is 5.46. The van der Waals surface area contributed by atoms with Crippen LogP contribution in [0.3, 0.4) is 0 Å². The minimum absolute atomic E-state index is 0.0711. The molecule has 0 aliphatic heterocycles. The Kier molecular flexibility index (Phi) is 3.91. The van der Waals surface area contributed by atoms with E-state index in [0.717, 1.165) is 12.0 Å². The van der Waals surface area contributed by atoms with Crippen LogP contribution in [0.25, 0.3) is 0 Å². The zero-order valence-electron chi connectivity index (χ0n) is 10.2. The van der Waals surface area contributed by atoms with Crippen LogP contribution in [0.2, 0.25) is 0 Å². The molecule has 0 aliphatic carbocycles. The third-order valence-corrected chi connectivity index (χ3v) is 3.40. The van der Waals surface area contributed by atoms with E-state index in [4.69, 9.17) is 4.74 Å². The van der Waals surface area contributed by atoms with Gasteiger partial charge in [0.2, 0.25) is 5.75 Å². The Hall–Kier alpha value is -2.21. The van der Waals surface area contributed by atoms with Gasteiger partial charge in [-0.3, -0.25) is 14.9 Å². The van der Waals surface area contributed by atoms with Gasteiger partial charge >= 0.3 is 5.69 Å². The molecular weight excluding hydrogens is 266 g/mol. The fourth-order valence-corrected chi connectivity index (χ4v) is 2.20. The van der Waals surface area contributed by atoms with Gasteiger partial charge in [-0.25, -0.2) is 0 Å². The van der Waals surface area contributed by atoms with Gasteiger partial charge in [0.25, 0.3) is 0 Å². The molecule has 0 unspecified atom stereocenters. The van der Waals surface area contributed by atoms with Gasteiger partial charge in [-0.2, -0.15) is 0 Å². The molecule has 0 radical (unpaired) electrons. The lowest BCUT2D eigenvalue weighted by Crippen LogP contribution is -1.94. The molecule has 0 amide bonds. The molecule has 0 bridgehead atoms. The second kappa shape index (κ2) is 5.62. The SMILES string of the molecule is CCc1ccc(Oc2csc(C=O)c2)c([N+](=O)[O-])c1. The number of carbonyl (C=O) groups is 1. The fourth-order valence-electron chi connectivity index (χ4n) is 1.59. The van der Waals surface area contributed by atoms with Crippen molar-refractivity contribution in [3.8, 4) is 11.5 Å². The van der Waals surface area contributed by atoms with Gasteiger partial charge in [0.1, 0.15) is 5.75 Å². The minimum atomic E-state index is -0.471. The highest BCUT2D eigenvalue weighted by Gasteiger charge is 2.16. The van der Waals surface area contributed by atoms with Crippen molar-refractivity contribution in [1.29, 1.82) is 0 Å². The summed E-state index contributed by atoms with van der Waals surface area (Å²) in [5, 5.41) is 12.7. The third-order valence-electron chi connectivity index (χ3n) is 2.57. The van der Waals surface area contributed by atoms with Crippen LogP contribution in [0.1, 0.15) is 22.2 Å². The lowest BCUT2D eigenvalue weighted by atomic mass is 10.1. The van der Waals surface area contributed by atoms with Crippen LogP contribution in [-0.2, 0) is 6.42 Å². The molecule has 0 fully saturated rings. The maximum absolute atomic E-state index is 11.0. The second-order valence-electron chi connectivity index (χ2n) is 3.82. The van der Waals surface area contributed by atoms with E-state index in [2.05, 4.69) is 0 Å². The van der Waals surface area contributed by atoms with E-state index in [9.17, 15) is 14.9 Å². The predicted octanol–water partition coefficient (Wildman–Crippen LogP) is 3.82. The Bertz CT molecular complexity index is 621. The number of hydrogen-bond donors (Lipinski definition) is 0. The van der Waals surface area contributed by atoms with E-state index in [1.165, 1.54) is 17.4 Å². The Balaban J connectivity index is 2.33. The number of thiophene rings is 1. The molecule has 19 heavy (non-hydrogen) atoms. The Morgan fingerprint density at radius 2 is 2.21 bits per heavy atom. The highest BCUT2D eigenvalue weighted by molar-refractivity contribution is 7.11. The monoisotopic (exact) mass is 277 g/mol. The Labute approximate surface area is 113 Å². The molecule has 0 saturated carbocycles. The summed E-state index contributed by atoms with van der Waals surface area (Å²) in [4.78, 5) is 21.6. The summed E-state index contributed by atoms with van der Waals surface area (Å²) in [6, 6.07) is 6.42. The first-order valence-corrected chi connectivity index (χ1v) is 6.51. The first-order chi connectivity index (χ1) is 9.13. The molecular formula is C13H11NO4S. The number of rotatable bonds is 5. The van der Waals surface area contributed by atoms with Crippen LogP contribution in [0.15, 0.2) is 29.6 Å². The number of nitro benzene ring substituents is 1. The van der Waals surface area contributed by atoms with E-state index in [1.807, 2.05) is 6.92 Å². The van der Waals surface area contributed by atoms with E-state index >= 15 is 0 Å². The van der Waals surface area contributed by atoms with E-state index in [1.54, 1.807) is 23.6 Å². The average molecular weight is 277 g/mol. The smallest absolute Gasteiger partial charge is 0.311 e. The topological polar surface area (TPSA) is 69.4 Å². The predicted molar refractivity (Wildman–Crippen MR) is 72.3 cm³/mol. The molecule has 0 atom stereocenters. The maximum atomic E-state index is 11.0. The summed E-state index contributed by atoms with van der Waals surface area (Å²) in [6.45, 7) is 1.93. The van der Waals surface area contributed by atoms with Crippen LogP contribution in [0.4, 0.5) is 5.69 Å². The molecule has 2 aromatic rings. The van der Waals surface area contributed by atoms with Crippen LogP contribution >= 0.6 is 11.3 Å². The minimum Gasteiger partial charge on any atom is -0.449 e. The zero-order chi connectivity index (χ0) is 13.8. The normalized spacial score (nSPS) is 10.2. The van der Waals surface area contributed by atoms with Crippen LogP contribution in [-0.4, -0.2) is 11.2 Å². The Morgan fingerprint density at radius 1 is 1.42 bits per heavy atom. The van der Waals surface area contributed by atoms with E-state index in [0.29, 0.717) is 16.9 Å². The van der Waals surface area contributed by atoms with Crippen molar-refractivity contribution < 1.29 is 14.5 Å². The lowest BCUT2D eigenvalue weighted by molar-refractivity contribution is -0.385. The van der Waals surface area contributed by atoms with Crippen LogP contribution in [0.5, 0.6) is 11.5 Å². The third kappa shape index (κ3) is 2.97. The van der Waals surface area contributed by atoms with Crippen LogP contribution in [0, 0.1) is 10.1 Å². The number of nitrogens with zero attached hydrogens (tertiary/aromatic N) is 1. The van der Waals surface area contributed by atoms with E-state index in [-0.39, 0.29) is 11.4 Å². The molecule has 1 aromatic heterocycles. The summed E-state index contributed by atoms with van der Waals surface area (Å²) in [5.74, 6) is 0.608. The van der Waals surface area contributed by atoms with Crippen molar-refractivity contribution in [2.45, 2.75) is 13.3 Å². The van der Waals surface area contributed by atoms with Crippen molar-refractivity contribution >= 4 is 23.3 Å². The number of aldehydes is 1. The molecule has 5 nitrogen and oxygen atoms in total. The number of ether oxygens (including phenoxy) is 1. The molecule has 0 aliphatic rings. The maximum Gasteiger partial charge on any atom is 0.311 e. The summed E-state index contributed by atoms with van der Waals surface area (Å²) >= 11 is 1.23. The quantitative estimate of drug-likeness (QED) is 0.473. The molecule has 0 N–H and O–H groups in total. The van der Waals surface area contributed by atoms with Crippen molar-refractivity contribution in [2.24, 2.45) is 0 Å². The molecule has 6 heteroatoms. The number of benzene rings is 1. The number of aryl methyl sites for hydroxylation is 1. The number of nitro groups is 1. The lowest BCUT2D eigenvalue weighted by Gasteiger charge is -2.05. The molecule has 0 saturated heterocycles. The van der Waals surface area contributed by atoms with Crippen molar-refractivity contribution in [2.75, 3.05) is 0 Å². The van der Waals surface area contributed by atoms with Crippen molar-refractivity contribution in [1.82, 2.24) is 0 Å². The van der Waals surface area contributed by atoms with E-state index < -0.39 is 4.92 Å². The van der Waals surface area contributed by atoms with Crippen molar-refractivity contribution in [3.63, 3.8) is 0 Å². The molecule has 1 aromatic carbocycles. The number of carbonyl (C=O) groups excluding carboxylic acids is 1. The molecule has 0 spiro atoms. The van der Waals surface area contributed by atoms with Gasteiger partial charge < -0.3 is 4.74 Å². The number of hydrogen-bond acceptors (Lipinski definition) is 5. The summed E-state index contributed by atoms with van der Waals surface area (Å²) in [7, 11) is 0. The highest BCUT2D eigenvalue weighted by atomic mass is 32.1. The largest absolute Gasteiger partial charge is 0.449 e. The Morgan fingerprint density at radius 3 is 2.79 bits per heavy atom. The molecule has 98 valence electrons.